The lowest BCUT2D eigenvalue weighted by molar-refractivity contribution is -0.117. The van der Waals surface area contributed by atoms with Gasteiger partial charge in [-0.05, 0) is 55.3 Å². The Kier molecular flexibility index (Phi) is 5.58. The van der Waals surface area contributed by atoms with Crippen LogP contribution < -0.4 is 14.4 Å². The Bertz CT molecular complexity index is 879. The van der Waals surface area contributed by atoms with E-state index in [1.807, 2.05) is 31.2 Å². The zero-order chi connectivity index (χ0) is 18.6. The number of nitrogens with zero attached hydrogens (tertiary/aromatic N) is 1. The number of benzene rings is 2. The molecular formula is C19H22N2O4S. The molecule has 2 aromatic carbocycles. The van der Waals surface area contributed by atoms with E-state index >= 15 is 0 Å². The summed E-state index contributed by atoms with van der Waals surface area (Å²) in [6, 6.07) is 14.0. The van der Waals surface area contributed by atoms with Crippen LogP contribution in [0.25, 0.3) is 0 Å². The zero-order valence-corrected chi connectivity index (χ0v) is 15.5. The number of hydrogen-bond donors (Lipinski definition) is 1. The van der Waals surface area contributed by atoms with E-state index in [-0.39, 0.29) is 24.0 Å². The maximum absolute atomic E-state index is 12.3. The molecule has 3 rings (SSSR count). The molecule has 0 bridgehead atoms. The van der Waals surface area contributed by atoms with Crippen molar-refractivity contribution in [3.63, 3.8) is 0 Å². The van der Waals surface area contributed by atoms with E-state index in [0.29, 0.717) is 18.7 Å². The van der Waals surface area contributed by atoms with E-state index in [2.05, 4.69) is 4.72 Å². The van der Waals surface area contributed by atoms with Crippen LogP contribution in [-0.4, -0.2) is 34.0 Å². The monoisotopic (exact) mass is 374 g/mol. The topological polar surface area (TPSA) is 75.7 Å². The van der Waals surface area contributed by atoms with E-state index < -0.39 is 10.0 Å². The first-order valence-electron chi connectivity index (χ1n) is 8.55. The van der Waals surface area contributed by atoms with Crippen molar-refractivity contribution in [1.29, 1.82) is 0 Å². The number of amides is 1. The highest BCUT2D eigenvalue weighted by atomic mass is 32.2. The number of carbonyl (C=O) groups is 1. The van der Waals surface area contributed by atoms with Crippen LogP contribution in [0.1, 0.15) is 18.4 Å². The third-order valence-corrected chi connectivity index (χ3v) is 5.66. The highest BCUT2D eigenvalue weighted by molar-refractivity contribution is 7.89. The first-order valence-corrected chi connectivity index (χ1v) is 10.0. The number of nitrogens with one attached hydrogen (secondary N) is 1. The number of aryl methyl sites for hydroxylation is 1. The lowest BCUT2D eigenvalue weighted by Gasteiger charge is -2.16. The molecule has 6 nitrogen and oxygen atoms in total. The van der Waals surface area contributed by atoms with Gasteiger partial charge in [0, 0.05) is 25.2 Å². The smallest absolute Gasteiger partial charge is 0.240 e. The van der Waals surface area contributed by atoms with Crippen LogP contribution in [0.3, 0.4) is 0 Å². The predicted molar refractivity (Wildman–Crippen MR) is 99.9 cm³/mol. The summed E-state index contributed by atoms with van der Waals surface area (Å²) in [5.41, 5.74) is 1.81. The SMILES string of the molecule is Cc1cccc(OCCNS(=O)(=O)c2ccc(N3CCCC3=O)cc2)c1. The van der Waals surface area contributed by atoms with Gasteiger partial charge in [-0.25, -0.2) is 13.1 Å². The molecule has 1 aliphatic heterocycles. The minimum Gasteiger partial charge on any atom is -0.492 e. The second kappa shape index (κ2) is 7.88. The molecule has 1 heterocycles. The maximum atomic E-state index is 12.3. The third kappa shape index (κ3) is 4.42. The number of hydrogen-bond acceptors (Lipinski definition) is 4. The van der Waals surface area contributed by atoms with Gasteiger partial charge in [-0.15, -0.1) is 0 Å². The van der Waals surface area contributed by atoms with Crippen LogP contribution in [-0.2, 0) is 14.8 Å². The highest BCUT2D eigenvalue weighted by Crippen LogP contribution is 2.22. The van der Waals surface area contributed by atoms with Gasteiger partial charge in [0.15, 0.2) is 0 Å². The van der Waals surface area contributed by atoms with Crippen LogP contribution in [0.5, 0.6) is 5.75 Å². The second-order valence-electron chi connectivity index (χ2n) is 6.21. The number of anilines is 1. The molecule has 0 atom stereocenters. The first-order chi connectivity index (χ1) is 12.5. The fourth-order valence-electron chi connectivity index (χ4n) is 2.86. The fraction of sp³-hybridized carbons (Fsp3) is 0.316. The van der Waals surface area contributed by atoms with Gasteiger partial charge in [-0.2, -0.15) is 0 Å². The lowest BCUT2D eigenvalue weighted by atomic mass is 10.2. The van der Waals surface area contributed by atoms with Gasteiger partial charge in [0.1, 0.15) is 12.4 Å². The molecule has 0 saturated carbocycles. The number of rotatable bonds is 7. The third-order valence-electron chi connectivity index (χ3n) is 4.18. The number of carbonyl (C=O) groups excluding carboxylic acids is 1. The molecule has 1 N–H and O–H groups in total. The van der Waals surface area contributed by atoms with Crippen LogP contribution in [0.15, 0.2) is 53.4 Å². The number of sulfonamides is 1. The Balaban J connectivity index is 1.55. The van der Waals surface area contributed by atoms with E-state index in [1.165, 1.54) is 12.1 Å². The molecule has 7 heteroatoms. The van der Waals surface area contributed by atoms with Crippen molar-refractivity contribution >= 4 is 21.6 Å². The highest BCUT2D eigenvalue weighted by Gasteiger charge is 2.22. The lowest BCUT2D eigenvalue weighted by Crippen LogP contribution is -2.28. The number of ether oxygens (including phenoxy) is 1. The van der Waals surface area contributed by atoms with Crippen molar-refractivity contribution in [1.82, 2.24) is 4.72 Å². The molecule has 1 saturated heterocycles. The average Bonchev–Trinajstić information content (AvgIpc) is 3.05. The van der Waals surface area contributed by atoms with E-state index in [1.54, 1.807) is 17.0 Å². The first kappa shape index (κ1) is 18.4. The molecule has 138 valence electrons. The van der Waals surface area contributed by atoms with Gasteiger partial charge < -0.3 is 9.64 Å². The minimum absolute atomic E-state index is 0.0760. The van der Waals surface area contributed by atoms with E-state index in [9.17, 15) is 13.2 Å². The quantitative estimate of drug-likeness (QED) is 0.756. The van der Waals surface area contributed by atoms with E-state index in [4.69, 9.17) is 4.74 Å². The van der Waals surface area contributed by atoms with Gasteiger partial charge in [0.05, 0.1) is 4.90 Å². The molecule has 0 unspecified atom stereocenters. The Labute approximate surface area is 153 Å². The molecule has 0 aliphatic carbocycles. The molecule has 1 fully saturated rings. The molecule has 1 aliphatic rings. The van der Waals surface area contributed by atoms with Gasteiger partial charge in [-0.1, -0.05) is 12.1 Å². The Morgan fingerprint density at radius 1 is 1.15 bits per heavy atom. The molecule has 1 amide bonds. The Morgan fingerprint density at radius 2 is 1.92 bits per heavy atom. The fourth-order valence-corrected chi connectivity index (χ4v) is 3.87. The Hall–Kier alpha value is -2.38. The van der Waals surface area contributed by atoms with Crippen molar-refractivity contribution in [2.45, 2.75) is 24.7 Å². The minimum atomic E-state index is -3.61. The summed E-state index contributed by atoms with van der Waals surface area (Å²) in [7, 11) is -3.61. The summed E-state index contributed by atoms with van der Waals surface area (Å²) in [6.07, 6.45) is 1.38. The molecule has 0 radical (unpaired) electrons. The zero-order valence-electron chi connectivity index (χ0n) is 14.6. The average molecular weight is 374 g/mol. The van der Waals surface area contributed by atoms with Gasteiger partial charge in [0.2, 0.25) is 15.9 Å². The maximum Gasteiger partial charge on any atom is 0.240 e. The van der Waals surface area contributed by atoms with Crippen molar-refractivity contribution in [3.05, 3.63) is 54.1 Å². The van der Waals surface area contributed by atoms with Crippen molar-refractivity contribution in [3.8, 4) is 5.75 Å². The normalized spacial score (nSPS) is 14.7. The molecule has 0 spiro atoms. The largest absolute Gasteiger partial charge is 0.492 e. The van der Waals surface area contributed by atoms with Gasteiger partial charge in [-0.3, -0.25) is 4.79 Å². The standard InChI is InChI=1S/C19H22N2O4S/c1-15-4-2-5-17(14-15)25-13-11-20-26(23,24)18-9-7-16(8-10-18)21-12-3-6-19(21)22/h2,4-5,7-10,14,20H,3,6,11-13H2,1H3. The summed E-state index contributed by atoms with van der Waals surface area (Å²) in [4.78, 5) is 13.6. The molecule has 2 aromatic rings. The molecule has 26 heavy (non-hydrogen) atoms. The molecule has 0 aromatic heterocycles. The predicted octanol–water partition coefficient (Wildman–Crippen LogP) is 2.48. The van der Waals surface area contributed by atoms with Gasteiger partial charge in [0.25, 0.3) is 0 Å². The Morgan fingerprint density at radius 3 is 2.58 bits per heavy atom. The van der Waals surface area contributed by atoms with Crippen LogP contribution in [0, 0.1) is 6.92 Å². The summed E-state index contributed by atoms with van der Waals surface area (Å²) >= 11 is 0. The van der Waals surface area contributed by atoms with Crippen molar-refractivity contribution in [2.24, 2.45) is 0 Å². The molecular weight excluding hydrogens is 352 g/mol. The van der Waals surface area contributed by atoms with Crippen LogP contribution >= 0.6 is 0 Å². The van der Waals surface area contributed by atoms with Crippen molar-refractivity contribution < 1.29 is 17.9 Å². The van der Waals surface area contributed by atoms with Gasteiger partial charge >= 0.3 is 0 Å². The van der Waals surface area contributed by atoms with Crippen molar-refractivity contribution in [2.75, 3.05) is 24.6 Å². The summed E-state index contributed by atoms with van der Waals surface area (Å²) in [5.74, 6) is 0.788. The second-order valence-corrected chi connectivity index (χ2v) is 7.97. The summed E-state index contributed by atoms with van der Waals surface area (Å²) < 4.78 is 32.8. The van der Waals surface area contributed by atoms with E-state index in [0.717, 1.165) is 17.7 Å². The van der Waals surface area contributed by atoms with Crippen LogP contribution in [0.2, 0.25) is 0 Å². The summed E-state index contributed by atoms with van der Waals surface area (Å²) in [6.45, 7) is 3.06. The summed E-state index contributed by atoms with van der Waals surface area (Å²) in [5, 5.41) is 0. The van der Waals surface area contributed by atoms with Crippen LogP contribution in [0.4, 0.5) is 5.69 Å².